The molecule has 0 radical (unpaired) electrons. The Bertz CT molecular complexity index is 1450. The highest BCUT2D eigenvalue weighted by atomic mass is 16.5. The Balaban J connectivity index is 1.74. The van der Waals surface area contributed by atoms with Crippen molar-refractivity contribution >= 4 is 28.1 Å². The van der Waals surface area contributed by atoms with Crippen molar-refractivity contribution in [2.24, 2.45) is 0 Å². The van der Waals surface area contributed by atoms with Crippen LogP contribution in [0.25, 0.3) is 27.7 Å². The number of benzene rings is 3. The van der Waals surface area contributed by atoms with Gasteiger partial charge in [-0.3, -0.25) is 4.79 Å². The minimum atomic E-state index is -0.200. The Hall–Kier alpha value is -4.19. The van der Waals surface area contributed by atoms with Crippen molar-refractivity contribution in [3.05, 3.63) is 77.6 Å². The Morgan fingerprint density at radius 2 is 1.75 bits per heavy atom. The van der Waals surface area contributed by atoms with Crippen LogP contribution in [0.5, 0.6) is 17.2 Å². The molecule has 0 saturated carbocycles. The molecule has 0 fully saturated rings. The summed E-state index contributed by atoms with van der Waals surface area (Å²) >= 11 is 0. The van der Waals surface area contributed by atoms with Crippen LogP contribution in [0.3, 0.4) is 0 Å². The van der Waals surface area contributed by atoms with E-state index in [-0.39, 0.29) is 5.91 Å². The van der Waals surface area contributed by atoms with Crippen LogP contribution >= 0.6 is 0 Å². The summed E-state index contributed by atoms with van der Waals surface area (Å²) in [7, 11) is 3.22. The van der Waals surface area contributed by atoms with Crippen molar-refractivity contribution in [3.63, 3.8) is 0 Å². The van der Waals surface area contributed by atoms with E-state index in [0.29, 0.717) is 29.4 Å². The zero-order valence-electron chi connectivity index (χ0n) is 21.5. The lowest BCUT2D eigenvalue weighted by molar-refractivity contribution is -0.111. The highest BCUT2D eigenvalue weighted by molar-refractivity contribution is 6.05. The first-order chi connectivity index (χ1) is 17.3. The average Bonchev–Trinajstić information content (AvgIpc) is 3.27. The van der Waals surface area contributed by atoms with Crippen LogP contribution in [0.2, 0.25) is 0 Å². The quantitative estimate of drug-likeness (QED) is 0.268. The summed E-state index contributed by atoms with van der Waals surface area (Å²) < 4.78 is 22.6. The van der Waals surface area contributed by atoms with Gasteiger partial charge in [-0.2, -0.15) is 0 Å². The fourth-order valence-electron chi connectivity index (χ4n) is 4.26. The van der Waals surface area contributed by atoms with Crippen molar-refractivity contribution in [3.8, 4) is 28.4 Å². The summed E-state index contributed by atoms with van der Waals surface area (Å²) in [6, 6.07) is 15.6. The number of aryl methyl sites for hydroxylation is 2. The van der Waals surface area contributed by atoms with E-state index in [9.17, 15) is 4.79 Å². The van der Waals surface area contributed by atoms with Gasteiger partial charge in [-0.25, -0.2) is 0 Å². The number of furan rings is 1. The molecule has 0 unspecified atom stereocenters. The Morgan fingerprint density at radius 3 is 2.44 bits per heavy atom. The van der Waals surface area contributed by atoms with Gasteiger partial charge >= 0.3 is 0 Å². The van der Waals surface area contributed by atoms with Crippen molar-refractivity contribution in [1.82, 2.24) is 0 Å². The monoisotopic (exact) mass is 485 g/mol. The van der Waals surface area contributed by atoms with Crippen LogP contribution in [-0.4, -0.2) is 26.7 Å². The van der Waals surface area contributed by atoms with Crippen LogP contribution in [0, 0.1) is 13.8 Å². The molecule has 1 heterocycles. The molecule has 0 aliphatic heterocycles. The predicted molar refractivity (Wildman–Crippen MR) is 144 cm³/mol. The molecule has 0 bridgehead atoms. The molecule has 4 aromatic rings. The fraction of sp³-hybridized carbons (Fsp3) is 0.233. The summed E-state index contributed by atoms with van der Waals surface area (Å²) in [6.45, 7) is 8.33. The van der Waals surface area contributed by atoms with Crippen LogP contribution in [0.15, 0.2) is 65.3 Å². The molecular formula is C30H31NO5. The van der Waals surface area contributed by atoms with Crippen LogP contribution in [0.4, 0.5) is 5.69 Å². The second kappa shape index (κ2) is 10.6. The third-order valence-corrected chi connectivity index (χ3v) is 6.08. The highest BCUT2D eigenvalue weighted by Gasteiger charge is 2.17. The van der Waals surface area contributed by atoms with E-state index in [1.54, 1.807) is 26.6 Å². The fourth-order valence-corrected chi connectivity index (χ4v) is 4.26. The van der Waals surface area contributed by atoms with Crippen molar-refractivity contribution in [2.45, 2.75) is 27.7 Å². The minimum Gasteiger partial charge on any atom is -0.493 e. The van der Waals surface area contributed by atoms with E-state index in [2.05, 4.69) is 5.32 Å². The standard InChI is InChI=1S/C30H31NO5/c1-7-35-27-16-28-23(24(17-36-28)21-9-11-26(33-5)29(14-21)34-6)15-22(27)19(3)13-30(32)31-25-10-8-18(2)12-20(25)4/h8-17H,7H2,1-6H3,(H,31,32)/b19-13+. The number of fused-ring (bicyclic) bond motifs is 1. The number of methoxy groups -OCH3 is 2. The van der Waals surface area contributed by atoms with Gasteiger partial charge in [0.1, 0.15) is 11.3 Å². The first-order valence-electron chi connectivity index (χ1n) is 11.8. The van der Waals surface area contributed by atoms with E-state index in [1.807, 2.05) is 76.2 Å². The van der Waals surface area contributed by atoms with Gasteiger partial charge in [0.2, 0.25) is 5.91 Å². The number of allylic oxidation sites excluding steroid dienone is 1. The molecule has 1 amide bonds. The maximum atomic E-state index is 12.9. The van der Waals surface area contributed by atoms with E-state index >= 15 is 0 Å². The molecule has 0 spiro atoms. The van der Waals surface area contributed by atoms with E-state index in [4.69, 9.17) is 18.6 Å². The summed E-state index contributed by atoms with van der Waals surface area (Å²) in [5, 5.41) is 3.89. The molecule has 1 N–H and O–H groups in total. The van der Waals surface area contributed by atoms with Crippen molar-refractivity contribution in [1.29, 1.82) is 0 Å². The molecule has 0 aliphatic rings. The number of amides is 1. The molecule has 36 heavy (non-hydrogen) atoms. The zero-order chi connectivity index (χ0) is 25.8. The van der Waals surface area contributed by atoms with Gasteiger partial charge in [-0.1, -0.05) is 23.8 Å². The number of ether oxygens (including phenoxy) is 3. The molecule has 0 atom stereocenters. The van der Waals surface area contributed by atoms with Gasteiger partial charge in [-0.05, 0) is 68.7 Å². The second-order valence-electron chi connectivity index (χ2n) is 8.63. The smallest absolute Gasteiger partial charge is 0.248 e. The first kappa shape index (κ1) is 24.9. The van der Waals surface area contributed by atoms with Gasteiger partial charge in [-0.15, -0.1) is 0 Å². The lowest BCUT2D eigenvalue weighted by atomic mass is 9.99. The largest absolute Gasteiger partial charge is 0.493 e. The number of carbonyl (C=O) groups excluding carboxylic acids is 1. The number of nitrogens with one attached hydrogen (secondary N) is 1. The first-order valence-corrected chi connectivity index (χ1v) is 11.8. The number of anilines is 1. The van der Waals surface area contributed by atoms with Gasteiger partial charge in [0.25, 0.3) is 0 Å². The molecule has 4 rings (SSSR count). The van der Waals surface area contributed by atoms with Gasteiger partial charge in [0.05, 0.1) is 27.1 Å². The van der Waals surface area contributed by atoms with Gasteiger partial charge in [0, 0.05) is 34.3 Å². The van der Waals surface area contributed by atoms with Crippen LogP contribution in [-0.2, 0) is 4.79 Å². The maximum Gasteiger partial charge on any atom is 0.248 e. The Labute approximate surface area is 211 Å². The molecule has 1 aromatic heterocycles. The van der Waals surface area contributed by atoms with Gasteiger partial charge < -0.3 is 23.9 Å². The SMILES string of the molecule is CCOc1cc2occ(-c3ccc(OC)c(OC)c3)c2cc1/C(C)=C/C(=O)Nc1ccc(C)cc1C. The Morgan fingerprint density at radius 1 is 0.972 bits per heavy atom. The van der Waals surface area contributed by atoms with Crippen molar-refractivity contribution in [2.75, 3.05) is 26.1 Å². The summed E-state index contributed by atoms with van der Waals surface area (Å²) in [6.07, 6.45) is 3.32. The molecule has 3 aromatic carbocycles. The molecule has 6 nitrogen and oxygen atoms in total. The molecular weight excluding hydrogens is 454 g/mol. The summed E-state index contributed by atoms with van der Waals surface area (Å²) in [5.41, 5.74) is 7.09. The predicted octanol–water partition coefficient (Wildman–Crippen LogP) is 7.17. The minimum absolute atomic E-state index is 0.200. The molecule has 6 heteroatoms. The van der Waals surface area contributed by atoms with E-state index in [1.165, 1.54) is 0 Å². The Kier molecular flexibility index (Phi) is 7.34. The van der Waals surface area contributed by atoms with Gasteiger partial charge in [0.15, 0.2) is 11.5 Å². The van der Waals surface area contributed by atoms with Crippen molar-refractivity contribution < 1.29 is 23.4 Å². The number of hydrogen-bond donors (Lipinski definition) is 1. The normalized spacial score (nSPS) is 11.4. The van der Waals surface area contributed by atoms with Crippen LogP contribution < -0.4 is 19.5 Å². The van der Waals surface area contributed by atoms with E-state index < -0.39 is 0 Å². The number of rotatable bonds is 8. The zero-order valence-corrected chi connectivity index (χ0v) is 21.5. The van der Waals surface area contributed by atoms with Crippen LogP contribution in [0.1, 0.15) is 30.5 Å². The lowest BCUT2D eigenvalue weighted by Gasteiger charge is -2.13. The summed E-state index contributed by atoms with van der Waals surface area (Å²) in [4.78, 5) is 12.9. The average molecular weight is 486 g/mol. The molecule has 0 aliphatic carbocycles. The number of hydrogen-bond acceptors (Lipinski definition) is 5. The maximum absolute atomic E-state index is 12.9. The second-order valence-corrected chi connectivity index (χ2v) is 8.63. The molecule has 186 valence electrons. The third kappa shape index (κ3) is 5.08. The lowest BCUT2D eigenvalue weighted by Crippen LogP contribution is -2.10. The highest BCUT2D eigenvalue weighted by Crippen LogP contribution is 2.40. The topological polar surface area (TPSA) is 69.9 Å². The van der Waals surface area contributed by atoms with E-state index in [0.717, 1.165) is 44.5 Å². The summed E-state index contributed by atoms with van der Waals surface area (Å²) in [5.74, 6) is 1.75. The number of carbonyl (C=O) groups is 1. The third-order valence-electron chi connectivity index (χ3n) is 6.08. The molecule has 0 saturated heterocycles.